The zero-order valence-electron chi connectivity index (χ0n) is 12.3. The molecule has 0 saturated carbocycles. The van der Waals surface area contributed by atoms with Crippen LogP contribution in [0.3, 0.4) is 0 Å². The molecule has 0 aliphatic heterocycles. The first-order valence-corrected chi connectivity index (χ1v) is 6.25. The van der Waals surface area contributed by atoms with E-state index in [0.717, 1.165) is 13.8 Å². The van der Waals surface area contributed by atoms with Crippen LogP contribution in [0.2, 0.25) is 0 Å². The van der Waals surface area contributed by atoms with E-state index in [2.05, 4.69) is 41.5 Å². The van der Waals surface area contributed by atoms with Gasteiger partial charge in [-0.3, -0.25) is 0 Å². The summed E-state index contributed by atoms with van der Waals surface area (Å²) in [4.78, 5) is 0. The third kappa shape index (κ3) is 67.3. The van der Waals surface area contributed by atoms with Gasteiger partial charge in [-0.1, -0.05) is 74.7 Å². The van der Waals surface area contributed by atoms with Crippen LogP contribution in [0.4, 0.5) is 13.2 Å². The molecule has 104 valence electrons. The Hall–Kier alpha value is -0.210. The Balaban J connectivity index is -0.0000000677. The van der Waals surface area contributed by atoms with Gasteiger partial charge in [0.25, 0.3) is 0 Å². The van der Waals surface area contributed by atoms with Gasteiger partial charge in [0.2, 0.25) is 0 Å². The fraction of sp³-hybridized carbons (Fsp3) is 1.00. The van der Waals surface area contributed by atoms with E-state index < -0.39 is 12.1 Å². The molecule has 0 rings (SSSR count). The van der Waals surface area contributed by atoms with Crippen LogP contribution in [-0.2, 0) is 0 Å². The van der Waals surface area contributed by atoms with Crippen LogP contribution in [0.15, 0.2) is 0 Å². The van der Waals surface area contributed by atoms with Crippen molar-refractivity contribution in [3.8, 4) is 0 Å². The van der Waals surface area contributed by atoms with Gasteiger partial charge >= 0.3 is 6.18 Å². The van der Waals surface area contributed by atoms with E-state index in [1.165, 1.54) is 19.3 Å². The molecule has 0 radical (unpaired) electrons. The van der Waals surface area contributed by atoms with Gasteiger partial charge < -0.3 is 0 Å². The molecule has 0 N–H and O–H groups in total. The zero-order valence-corrected chi connectivity index (χ0v) is 12.3. The molecule has 0 aromatic carbocycles. The maximum Gasteiger partial charge on any atom is 0.391 e. The summed E-state index contributed by atoms with van der Waals surface area (Å²) in [5.74, 6) is -1.20. The van der Waals surface area contributed by atoms with Gasteiger partial charge in [0, 0.05) is 5.92 Å². The molecule has 0 atom stereocenters. The van der Waals surface area contributed by atoms with Crippen molar-refractivity contribution in [3.05, 3.63) is 0 Å². The Morgan fingerprint density at radius 1 is 0.688 bits per heavy atom. The Morgan fingerprint density at radius 2 is 0.750 bits per heavy atom. The van der Waals surface area contributed by atoms with E-state index in [0.29, 0.717) is 0 Å². The second-order valence-corrected chi connectivity index (χ2v) is 3.82. The summed E-state index contributed by atoms with van der Waals surface area (Å²) in [7, 11) is 0. The first-order chi connectivity index (χ1) is 7.19. The smallest absolute Gasteiger partial charge is 0.171 e. The maximum absolute atomic E-state index is 11.2. The van der Waals surface area contributed by atoms with E-state index in [-0.39, 0.29) is 0 Å². The number of rotatable bonds is 0. The number of halogens is 3. The molecule has 0 aromatic heterocycles. The van der Waals surface area contributed by atoms with Crippen molar-refractivity contribution < 1.29 is 13.2 Å². The van der Waals surface area contributed by atoms with Crippen LogP contribution >= 0.6 is 0 Å². The minimum absolute atomic E-state index is 1.12. The highest BCUT2D eigenvalue weighted by molar-refractivity contribution is 4.52. The standard InChI is InChI=1S/C4H7F3.3C3H8/c1-3(2)4(5,6)7;3*1-3-2/h3H,1-2H3;3*3H2,1-2H3. The lowest BCUT2D eigenvalue weighted by Gasteiger charge is -2.07. The van der Waals surface area contributed by atoms with Gasteiger partial charge in [0.15, 0.2) is 0 Å². The average Bonchev–Trinajstić information content (AvgIpc) is 2.06. The molecular formula is C13H31F3. The molecule has 0 heterocycles. The van der Waals surface area contributed by atoms with Crippen molar-refractivity contribution in [2.45, 2.75) is 80.8 Å². The predicted octanol–water partition coefficient (Wildman–Crippen LogP) is 6.45. The molecule has 0 aromatic rings. The van der Waals surface area contributed by atoms with Crippen molar-refractivity contribution in [2.24, 2.45) is 5.92 Å². The lowest BCUT2D eigenvalue weighted by molar-refractivity contribution is -0.164. The van der Waals surface area contributed by atoms with Crippen LogP contribution < -0.4 is 0 Å². The van der Waals surface area contributed by atoms with Crippen molar-refractivity contribution in [1.29, 1.82) is 0 Å². The van der Waals surface area contributed by atoms with E-state index in [4.69, 9.17) is 0 Å². The molecular weight excluding hydrogens is 213 g/mol. The molecule has 0 nitrogen and oxygen atoms in total. The van der Waals surface area contributed by atoms with Gasteiger partial charge in [0.05, 0.1) is 0 Å². The highest BCUT2D eigenvalue weighted by Gasteiger charge is 2.31. The second kappa shape index (κ2) is 20.2. The summed E-state index contributed by atoms with van der Waals surface area (Å²) >= 11 is 0. The molecule has 0 spiro atoms. The normalized spacial score (nSPS) is 9.00. The molecule has 0 aliphatic carbocycles. The molecule has 0 saturated heterocycles. The van der Waals surface area contributed by atoms with Crippen LogP contribution in [0.25, 0.3) is 0 Å². The van der Waals surface area contributed by atoms with Gasteiger partial charge in [-0.15, -0.1) is 0 Å². The summed E-state index contributed by atoms with van der Waals surface area (Å²) < 4.78 is 33.5. The Bertz CT molecular complexity index is 80.9. The Labute approximate surface area is 101 Å². The van der Waals surface area contributed by atoms with Gasteiger partial charge in [-0.2, -0.15) is 13.2 Å². The van der Waals surface area contributed by atoms with Crippen LogP contribution in [0, 0.1) is 5.92 Å². The fourth-order valence-electron chi connectivity index (χ4n) is 0. The second-order valence-electron chi connectivity index (χ2n) is 3.82. The van der Waals surface area contributed by atoms with E-state index in [1.807, 2.05) is 0 Å². The summed E-state index contributed by atoms with van der Waals surface area (Å²) in [5.41, 5.74) is 0. The first kappa shape index (κ1) is 24.8. The van der Waals surface area contributed by atoms with E-state index >= 15 is 0 Å². The van der Waals surface area contributed by atoms with Crippen molar-refractivity contribution in [2.75, 3.05) is 0 Å². The minimum atomic E-state index is -4.00. The number of hydrogen-bond donors (Lipinski definition) is 0. The fourth-order valence-corrected chi connectivity index (χ4v) is 0. The molecule has 0 amide bonds. The Kier molecular flexibility index (Phi) is 31.4. The summed E-state index contributed by atoms with van der Waals surface area (Å²) in [6.45, 7) is 15.0. The highest BCUT2D eigenvalue weighted by Crippen LogP contribution is 2.24. The largest absolute Gasteiger partial charge is 0.391 e. The minimum Gasteiger partial charge on any atom is -0.171 e. The van der Waals surface area contributed by atoms with Crippen molar-refractivity contribution in [3.63, 3.8) is 0 Å². The lowest BCUT2D eigenvalue weighted by atomic mass is 10.2. The molecule has 0 bridgehead atoms. The molecule has 0 fully saturated rings. The summed E-state index contributed by atoms with van der Waals surface area (Å²) in [5, 5.41) is 0. The molecule has 3 heteroatoms. The molecule has 0 aliphatic rings. The van der Waals surface area contributed by atoms with Gasteiger partial charge in [-0.05, 0) is 0 Å². The third-order valence-electron chi connectivity index (χ3n) is 0.655. The SMILES string of the molecule is CC(C)C(F)(F)F.CCC.CCC.CCC. The summed E-state index contributed by atoms with van der Waals surface area (Å²) in [6, 6.07) is 0. The maximum atomic E-state index is 11.2. The average molecular weight is 244 g/mol. The van der Waals surface area contributed by atoms with Crippen molar-refractivity contribution >= 4 is 0 Å². The van der Waals surface area contributed by atoms with Crippen molar-refractivity contribution in [1.82, 2.24) is 0 Å². The van der Waals surface area contributed by atoms with Gasteiger partial charge in [0.1, 0.15) is 0 Å². The van der Waals surface area contributed by atoms with E-state index in [9.17, 15) is 13.2 Å². The number of hydrogen-bond acceptors (Lipinski definition) is 0. The first-order valence-electron chi connectivity index (χ1n) is 6.25. The molecule has 16 heavy (non-hydrogen) atoms. The van der Waals surface area contributed by atoms with Crippen LogP contribution in [0.1, 0.15) is 74.7 Å². The molecule has 0 unspecified atom stereocenters. The quantitative estimate of drug-likeness (QED) is 0.459. The number of alkyl halides is 3. The van der Waals surface area contributed by atoms with Crippen LogP contribution in [0.5, 0.6) is 0 Å². The predicted molar refractivity (Wildman–Crippen MR) is 68.8 cm³/mol. The monoisotopic (exact) mass is 244 g/mol. The highest BCUT2D eigenvalue weighted by atomic mass is 19.4. The summed E-state index contributed by atoms with van der Waals surface area (Å²) in [6.07, 6.45) is -0.250. The topological polar surface area (TPSA) is 0 Å². The van der Waals surface area contributed by atoms with Crippen LogP contribution in [-0.4, -0.2) is 6.18 Å². The van der Waals surface area contributed by atoms with Gasteiger partial charge in [-0.25, -0.2) is 0 Å². The van der Waals surface area contributed by atoms with E-state index in [1.54, 1.807) is 0 Å². The third-order valence-corrected chi connectivity index (χ3v) is 0.655. The lowest BCUT2D eigenvalue weighted by Crippen LogP contribution is -2.15. The zero-order chi connectivity index (χ0) is 14.2. The Morgan fingerprint density at radius 3 is 0.750 bits per heavy atom.